The van der Waals surface area contributed by atoms with Crippen LogP contribution >= 0.6 is 0 Å². The minimum atomic E-state index is 0. The quantitative estimate of drug-likeness (QED) is 0.123. The Bertz CT molecular complexity index is 4120. The Labute approximate surface area is 455 Å². The summed E-state index contributed by atoms with van der Waals surface area (Å²) in [6.45, 7) is 25.5. The molecule has 0 atom stereocenters. The van der Waals surface area contributed by atoms with Gasteiger partial charge >= 0.3 is 0 Å². The van der Waals surface area contributed by atoms with Crippen LogP contribution in [0.1, 0.15) is 116 Å². The molecular weight excluding hydrogens is 1090 g/mol. The molecular formula is C70H63IrN3O-2. The number of pyridine rings is 1. The number of hydrogen-bond acceptors (Lipinski definition) is 3. The minimum absolute atomic E-state index is 0. The van der Waals surface area contributed by atoms with Gasteiger partial charge in [-0.2, -0.15) is 0 Å². The number of fused-ring (bicyclic) bond motifs is 7. The minimum Gasteiger partial charge on any atom is -0.501 e. The zero-order valence-corrected chi connectivity index (χ0v) is 47.3. The number of furan rings is 1. The average molecular weight is 1150 g/mol. The van der Waals surface area contributed by atoms with Gasteiger partial charge in [-0.15, -0.1) is 54.1 Å². The summed E-state index contributed by atoms with van der Waals surface area (Å²) in [6, 6.07) is 65.8. The van der Waals surface area contributed by atoms with E-state index in [4.69, 9.17) is 9.40 Å². The van der Waals surface area contributed by atoms with Crippen LogP contribution in [0.4, 0.5) is 0 Å². The topological polar surface area (TPSA) is 43.9 Å². The number of para-hydroxylation sites is 2. The molecule has 0 spiro atoms. The van der Waals surface area contributed by atoms with Crippen molar-refractivity contribution in [1.82, 2.24) is 14.5 Å². The molecule has 0 aliphatic heterocycles. The zero-order valence-electron chi connectivity index (χ0n) is 44.9. The van der Waals surface area contributed by atoms with E-state index in [0.29, 0.717) is 0 Å². The number of rotatable bonds is 6. The Morgan fingerprint density at radius 3 is 1.99 bits per heavy atom. The normalized spacial score (nSPS) is 13.9. The predicted octanol–water partition coefficient (Wildman–Crippen LogP) is 19.2. The summed E-state index contributed by atoms with van der Waals surface area (Å²) in [7, 11) is 0. The van der Waals surface area contributed by atoms with E-state index in [1.807, 2.05) is 36.5 Å². The standard InChI is InChI=1S/C55H47N2O.C15H16N.Ir/c1-31(2)41-28-35(37-25-26-46-50-38(37)17-14-20-45(50)54(5,6)55(46,7)8)29-42(32(3)4)51(41)57-48-22-12-11-21-47(48)56-53(57)40-19-13-18-39-44-27-34-24-23-33-15-9-10-16-36(33)43(34)30-49(44)58-52(39)40;1-15(2,3)13-9-10-14(16-11-13)12-7-5-4-6-8-12;/h9-18,20-32H,1-8H3;4-7,9-11H,1-3H3;/q2*-1;. The maximum atomic E-state index is 6.92. The maximum Gasteiger partial charge on any atom is 0.121 e. The van der Waals surface area contributed by atoms with E-state index >= 15 is 0 Å². The molecule has 0 bridgehead atoms. The third-order valence-electron chi connectivity index (χ3n) is 16.6. The van der Waals surface area contributed by atoms with E-state index < -0.39 is 0 Å². The molecule has 375 valence electrons. The van der Waals surface area contributed by atoms with Crippen molar-refractivity contribution in [2.45, 2.75) is 104 Å². The van der Waals surface area contributed by atoms with Crippen LogP contribution in [0.5, 0.6) is 0 Å². The molecule has 13 rings (SSSR count). The molecule has 12 aromatic rings. The first-order valence-electron chi connectivity index (χ1n) is 26.4. The van der Waals surface area contributed by atoms with E-state index in [0.717, 1.165) is 55.6 Å². The summed E-state index contributed by atoms with van der Waals surface area (Å²) in [5.74, 6) is 1.32. The number of imidazole rings is 1. The van der Waals surface area contributed by atoms with Crippen molar-refractivity contribution in [3.63, 3.8) is 0 Å². The third kappa shape index (κ3) is 8.13. The summed E-state index contributed by atoms with van der Waals surface area (Å²) >= 11 is 0. The summed E-state index contributed by atoms with van der Waals surface area (Å²) < 4.78 is 9.33. The molecule has 75 heavy (non-hydrogen) atoms. The van der Waals surface area contributed by atoms with Crippen molar-refractivity contribution in [1.29, 1.82) is 0 Å². The summed E-state index contributed by atoms with van der Waals surface area (Å²) in [4.78, 5) is 9.91. The molecule has 3 heterocycles. The molecule has 0 saturated carbocycles. The largest absolute Gasteiger partial charge is 0.501 e. The van der Waals surface area contributed by atoms with Crippen LogP contribution in [0.3, 0.4) is 0 Å². The van der Waals surface area contributed by atoms with Crippen molar-refractivity contribution in [3.8, 4) is 39.5 Å². The van der Waals surface area contributed by atoms with Crippen LogP contribution < -0.4 is 0 Å². The fourth-order valence-electron chi connectivity index (χ4n) is 11.7. The Kier molecular flexibility index (Phi) is 12.4. The van der Waals surface area contributed by atoms with Gasteiger partial charge in [0.05, 0.1) is 22.4 Å². The van der Waals surface area contributed by atoms with E-state index in [9.17, 15) is 0 Å². The van der Waals surface area contributed by atoms with Crippen molar-refractivity contribution >= 4 is 65.3 Å². The van der Waals surface area contributed by atoms with Crippen molar-refractivity contribution in [3.05, 3.63) is 210 Å². The number of hydrogen-bond donors (Lipinski definition) is 0. The van der Waals surface area contributed by atoms with Crippen LogP contribution in [-0.4, -0.2) is 14.5 Å². The Morgan fingerprint density at radius 2 is 1.28 bits per heavy atom. The second kappa shape index (κ2) is 18.6. The van der Waals surface area contributed by atoms with Crippen LogP contribution in [0.25, 0.3) is 105 Å². The molecule has 4 nitrogen and oxygen atoms in total. The Balaban J connectivity index is 0.000000304. The molecule has 1 aliphatic rings. The van der Waals surface area contributed by atoms with Gasteiger partial charge in [0.1, 0.15) is 5.58 Å². The van der Waals surface area contributed by atoms with Gasteiger partial charge in [0, 0.05) is 37.4 Å². The molecule has 0 unspecified atom stereocenters. The maximum absolute atomic E-state index is 6.92. The van der Waals surface area contributed by atoms with Gasteiger partial charge in [0.15, 0.2) is 0 Å². The van der Waals surface area contributed by atoms with Crippen LogP contribution in [0.15, 0.2) is 174 Å². The Hall–Kier alpha value is -7.17. The molecule has 0 N–H and O–H groups in total. The van der Waals surface area contributed by atoms with Gasteiger partial charge < -0.3 is 14.0 Å². The summed E-state index contributed by atoms with van der Waals surface area (Å²) in [5, 5.41) is 9.78. The van der Waals surface area contributed by atoms with Crippen molar-refractivity contribution < 1.29 is 24.5 Å². The molecule has 3 aromatic heterocycles. The SMILES string of the molecule is CC(C)(C)c1ccc(-c2[c-]cccc2)nc1.CC(C)c1cc(-c2ccc3c4c(cccc24)C(C)(C)C3(C)C)cc(C(C)C)c1-n1c(-c2[c-]ccc3c2oc2cc4c(ccc5ccccc54)cc23)nc2ccccc21.[Ir]. The number of aromatic nitrogens is 3. The first-order valence-corrected chi connectivity index (χ1v) is 26.4. The zero-order chi connectivity index (χ0) is 51.4. The average Bonchev–Trinajstić information content (AvgIpc) is 4.02. The molecule has 0 fully saturated rings. The summed E-state index contributed by atoms with van der Waals surface area (Å²) in [5.41, 5.74) is 17.3. The fourth-order valence-corrected chi connectivity index (χ4v) is 11.7. The van der Waals surface area contributed by atoms with Gasteiger partial charge in [-0.3, -0.25) is 4.98 Å². The predicted molar refractivity (Wildman–Crippen MR) is 312 cm³/mol. The van der Waals surface area contributed by atoms with Gasteiger partial charge in [0.25, 0.3) is 0 Å². The second-order valence-corrected chi connectivity index (χ2v) is 23.2. The molecule has 1 aliphatic carbocycles. The number of nitrogens with zero attached hydrogens (tertiary/aromatic N) is 3. The number of benzene rings is 9. The smallest absolute Gasteiger partial charge is 0.121 e. The van der Waals surface area contributed by atoms with Crippen molar-refractivity contribution in [2.24, 2.45) is 0 Å². The van der Waals surface area contributed by atoms with E-state index in [2.05, 4.69) is 231 Å². The van der Waals surface area contributed by atoms with Gasteiger partial charge in [-0.25, -0.2) is 0 Å². The Morgan fingerprint density at radius 1 is 0.587 bits per heavy atom. The van der Waals surface area contributed by atoms with Gasteiger partial charge in [0.2, 0.25) is 0 Å². The molecule has 0 amide bonds. The van der Waals surface area contributed by atoms with E-state index in [-0.39, 0.29) is 48.2 Å². The second-order valence-electron chi connectivity index (χ2n) is 23.2. The molecule has 1 radical (unpaired) electrons. The van der Waals surface area contributed by atoms with Crippen molar-refractivity contribution in [2.75, 3.05) is 0 Å². The molecule has 5 heteroatoms. The van der Waals surface area contributed by atoms with Crippen LogP contribution in [-0.2, 0) is 36.4 Å². The fraction of sp³-hybridized carbons (Fsp3) is 0.229. The third-order valence-corrected chi connectivity index (χ3v) is 16.6. The summed E-state index contributed by atoms with van der Waals surface area (Å²) in [6.07, 6.45) is 1.95. The molecule has 0 saturated heterocycles. The van der Waals surface area contributed by atoms with Gasteiger partial charge in [-0.05, 0) is 141 Å². The van der Waals surface area contributed by atoms with E-state index in [1.54, 1.807) is 0 Å². The first-order chi connectivity index (χ1) is 35.5. The molecule has 9 aromatic carbocycles. The van der Waals surface area contributed by atoms with E-state index in [1.165, 1.54) is 76.9 Å². The van der Waals surface area contributed by atoms with Crippen LogP contribution in [0.2, 0.25) is 0 Å². The van der Waals surface area contributed by atoms with Gasteiger partial charge in [-0.1, -0.05) is 178 Å². The van der Waals surface area contributed by atoms with Crippen LogP contribution in [0, 0.1) is 12.1 Å². The monoisotopic (exact) mass is 1150 g/mol. The first kappa shape index (κ1) is 50.0.